The lowest BCUT2D eigenvalue weighted by Crippen LogP contribution is -2.30. The molecule has 0 unspecified atom stereocenters. The van der Waals surface area contributed by atoms with Gasteiger partial charge in [-0.15, -0.1) is 0 Å². The summed E-state index contributed by atoms with van der Waals surface area (Å²) in [5, 5.41) is 0.917. The predicted molar refractivity (Wildman–Crippen MR) is 91.6 cm³/mol. The van der Waals surface area contributed by atoms with Crippen molar-refractivity contribution in [3.63, 3.8) is 0 Å². The molecule has 3 aromatic rings. The summed E-state index contributed by atoms with van der Waals surface area (Å²) in [6.45, 7) is 2.65. The van der Waals surface area contributed by atoms with Crippen LogP contribution in [0.1, 0.15) is 21.6 Å². The van der Waals surface area contributed by atoms with Crippen molar-refractivity contribution in [2.45, 2.75) is 13.5 Å². The first-order valence-corrected chi connectivity index (χ1v) is 7.74. The second-order valence-corrected chi connectivity index (χ2v) is 6.08. The first kappa shape index (κ1) is 14.8. The monoisotopic (exact) mass is 357 g/mol. The summed E-state index contributed by atoms with van der Waals surface area (Å²) in [5.74, 6) is 5.07. The highest BCUT2D eigenvalue weighted by Crippen LogP contribution is 2.27. The Hall–Kier alpha value is -2.11. The third-order valence-electron chi connectivity index (χ3n) is 3.84. The summed E-state index contributed by atoms with van der Waals surface area (Å²) in [5.41, 5.74) is 5.99. The maximum atomic E-state index is 12.1. The molecule has 0 radical (unpaired) electrons. The van der Waals surface area contributed by atoms with Crippen molar-refractivity contribution in [1.29, 1.82) is 0 Å². The average Bonchev–Trinajstić information content (AvgIpc) is 2.81. The molecule has 0 saturated carbocycles. The Bertz CT molecular complexity index is 837. The van der Waals surface area contributed by atoms with Gasteiger partial charge in [-0.3, -0.25) is 10.2 Å². The number of fused-ring (bicyclic) bond motifs is 1. The second kappa shape index (κ2) is 5.94. The third kappa shape index (κ3) is 2.53. The van der Waals surface area contributed by atoms with Crippen molar-refractivity contribution in [2.75, 3.05) is 0 Å². The Balaban J connectivity index is 2.15. The number of halogens is 1. The second-order valence-electron chi connectivity index (χ2n) is 5.16. The van der Waals surface area contributed by atoms with Gasteiger partial charge in [-0.1, -0.05) is 46.3 Å². The van der Waals surface area contributed by atoms with Crippen molar-refractivity contribution >= 4 is 32.7 Å². The molecule has 3 N–H and O–H groups in total. The molecule has 3 rings (SSSR count). The highest BCUT2D eigenvalue weighted by atomic mass is 79.9. The van der Waals surface area contributed by atoms with E-state index in [4.69, 9.17) is 5.84 Å². The van der Waals surface area contributed by atoms with Crippen LogP contribution in [0, 0.1) is 6.92 Å². The molecule has 2 aromatic carbocycles. The molecule has 5 heteroatoms. The first-order chi connectivity index (χ1) is 10.6. The van der Waals surface area contributed by atoms with Crippen molar-refractivity contribution in [3.05, 3.63) is 69.8 Å². The smallest absolute Gasteiger partial charge is 0.267 e. The lowest BCUT2D eigenvalue weighted by Gasteiger charge is -2.09. The van der Waals surface area contributed by atoms with Crippen LogP contribution in [0.2, 0.25) is 0 Å². The van der Waals surface area contributed by atoms with E-state index in [1.54, 1.807) is 0 Å². The van der Waals surface area contributed by atoms with Crippen molar-refractivity contribution in [2.24, 2.45) is 5.84 Å². The zero-order chi connectivity index (χ0) is 15.7. The SMILES string of the molecule is Cc1c(C(=O)NN)c2ccccc2n1Cc1ccc(Br)cc1. The van der Waals surface area contributed by atoms with Crippen LogP contribution >= 0.6 is 15.9 Å². The number of nitrogens with one attached hydrogen (secondary N) is 1. The number of nitrogen functional groups attached to an aromatic ring is 1. The van der Waals surface area contributed by atoms with Crippen LogP contribution < -0.4 is 11.3 Å². The molecule has 0 fully saturated rings. The number of rotatable bonds is 3. The van der Waals surface area contributed by atoms with E-state index in [0.29, 0.717) is 12.1 Å². The van der Waals surface area contributed by atoms with Crippen LogP contribution in [0.3, 0.4) is 0 Å². The Morgan fingerprint density at radius 3 is 2.55 bits per heavy atom. The minimum absolute atomic E-state index is 0.261. The lowest BCUT2D eigenvalue weighted by atomic mass is 10.1. The fourth-order valence-electron chi connectivity index (χ4n) is 2.77. The summed E-state index contributed by atoms with van der Waals surface area (Å²) in [6.07, 6.45) is 0. The minimum atomic E-state index is -0.261. The number of nitrogens with zero attached hydrogens (tertiary/aromatic N) is 1. The van der Waals surface area contributed by atoms with E-state index in [0.717, 1.165) is 21.1 Å². The van der Waals surface area contributed by atoms with Gasteiger partial charge in [0.05, 0.1) is 5.56 Å². The van der Waals surface area contributed by atoms with Gasteiger partial charge in [0, 0.05) is 27.6 Å². The zero-order valence-electron chi connectivity index (χ0n) is 12.1. The number of aromatic nitrogens is 1. The van der Waals surface area contributed by atoms with Crippen LogP contribution in [0.15, 0.2) is 53.0 Å². The summed E-state index contributed by atoms with van der Waals surface area (Å²) in [7, 11) is 0. The van der Waals surface area contributed by atoms with Gasteiger partial charge < -0.3 is 4.57 Å². The van der Waals surface area contributed by atoms with Gasteiger partial charge in [0.1, 0.15) is 0 Å². The summed E-state index contributed by atoms with van der Waals surface area (Å²) in [6, 6.07) is 16.1. The topological polar surface area (TPSA) is 60.1 Å². The van der Waals surface area contributed by atoms with Crippen LogP contribution in [0.25, 0.3) is 10.9 Å². The summed E-state index contributed by atoms with van der Waals surface area (Å²) >= 11 is 3.44. The number of hydrazine groups is 1. The molecule has 22 heavy (non-hydrogen) atoms. The molecule has 1 heterocycles. The molecule has 0 spiro atoms. The molecule has 0 bridgehead atoms. The van der Waals surface area contributed by atoms with Crippen LogP contribution in [-0.4, -0.2) is 10.5 Å². The van der Waals surface area contributed by atoms with Crippen molar-refractivity contribution in [3.8, 4) is 0 Å². The van der Waals surface area contributed by atoms with E-state index in [2.05, 4.69) is 38.1 Å². The number of nitrogens with two attached hydrogens (primary N) is 1. The van der Waals surface area contributed by atoms with E-state index in [1.807, 2.05) is 43.3 Å². The van der Waals surface area contributed by atoms with E-state index >= 15 is 0 Å². The Labute approximate surface area is 137 Å². The number of carbonyl (C=O) groups is 1. The van der Waals surface area contributed by atoms with E-state index < -0.39 is 0 Å². The quantitative estimate of drug-likeness (QED) is 0.429. The van der Waals surface area contributed by atoms with Crippen molar-refractivity contribution in [1.82, 2.24) is 9.99 Å². The number of benzene rings is 2. The molecule has 4 nitrogen and oxygen atoms in total. The Morgan fingerprint density at radius 2 is 1.86 bits per heavy atom. The van der Waals surface area contributed by atoms with Gasteiger partial charge in [-0.05, 0) is 30.7 Å². The molecule has 0 aliphatic carbocycles. The van der Waals surface area contributed by atoms with Gasteiger partial charge in [-0.25, -0.2) is 5.84 Å². The maximum Gasteiger partial charge on any atom is 0.267 e. The first-order valence-electron chi connectivity index (χ1n) is 6.95. The number of hydrogen-bond donors (Lipinski definition) is 2. The van der Waals surface area contributed by atoms with E-state index in [9.17, 15) is 4.79 Å². The molecular weight excluding hydrogens is 342 g/mol. The number of carbonyl (C=O) groups excluding carboxylic acids is 1. The van der Waals surface area contributed by atoms with Gasteiger partial charge >= 0.3 is 0 Å². The fraction of sp³-hybridized carbons (Fsp3) is 0.118. The molecular formula is C17H16BrN3O. The lowest BCUT2D eigenvalue weighted by molar-refractivity contribution is 0.0954. The van der Waals surface area contributed by atoms with Gasteiger partial charge in [-0.2, -0.15) is 0 Å². The van der Waals surface area contributed by atoms with Crippen LogP contribution in [0.4, 0.5) is 0 Å². The summed E-state index contributed by atoms with van der Waals surface area (Å²) < 4.78 is 3.19. The average molecular weight is 358 g/mol. The Kier molecular flexibility index (Phi) is 4.00. The van der Waals surface area contributed by atoms with E-state index in [-0.39, 0.29) is 5.91 Å². The zero-order valence-corrected chi connectivity index (χ0v) is 13.7. The molecule has 0 atom stereocenters. The predicted octanol–water partition coefficient (Wildman–Crippen LogP) is 3.36. The highest BCUT2D eigenvalue weighted by molar-refractivity contribution is 9.10. The highest BCUT2D eigenvalue weighted by Gasteiger charge is 2.18. The molecule has 0 aliphatic heterocycles. The molecule has 0 aliphatic rings. The maximum absolute atomic E-state index is 12.1. The molecule has 0 saturated heterocycles. The number of hydrogen-bond acceptors (Lipinski definition) is 2. The van der Waals surface area contributed by atoms with Crippen LogP contribution in [0.5, 0.6) is 0 Å². The van der Waals surface area contributed by atoms with Gasteiger partial charge in [0.15, 0.2) is 0 Å². The fourth-order valence-corrected chi connectivity index (χ4v) is 3.03. The molecule has 1 amide bonds. The Morgan fingerprint density at radius 1 is 1.18 bits per heavy atom. The molecule has 1 aromatic heterocycles. The van der Waals surface area contributed by atoms with Crippen LogP contribution in [-0.2, 0) is 6.54 Å². The third-order valence-corrected chi connectivity index (χ3v) is 4.37. The summed E-state index contributed by atoms with van der Waals surface area (Å²) in [4.78, 5) is 12.1. The van der Waals surface area contributed by atoms with E-state index in [1.165, 1.54) is 5.56 Å². The number of para-hydroxylation sites is 1. The normalized spacial score (nSPS) is 10.9. The largest absolute Gasteiger partial charge is 0.340 e. The minimum Gasteiger partial charge on any atom is -0.340 e. The standard InChI is InChI=1S/C17H16BrN3O/c1-11-16(17(22)20-19)14-4-2-3-5-15(14)21(11)10-12-6-8-13(18)9-7-12/h2-9H,10,19H2,1H3,(H,20,22). The van der Waals surface area contributed by atoms with Gasteiger partial charge in [0.25, 0.3) is 5.91 Å². The van der Waals surface area contributed by atoms with Crippen molar-refractivity contribution < 1.29 is 4.79 Å². The molecule has 112 valence electrons. The number of amides is 1. The van der Waals surface area contributed by atoms with Gasteiger partial charge in [0.2, 0.25) is 0 Å².